The maximum Gasteiger partial charge on any atom is 0.407 e. The number of aromatic nitrogens is 3. The molecule has 2 N–H and O–H groups in total. The van der Waals surface area contributed by atoms with E-state index in [1.54, 1.807) is 36.8 Å². The molecule has 0 aromatic carbocycles. The zero-order chi connectivity index (χ0) is 18.4. The number of thiophene rings is 1. The van der Waals surface area contributed by atoms with Crippen molar-refractivity contribution in [2.75, 3.05) is 6.54 Å². The maximum absolute atomic E-state index is 11.7. The molecule has 2 aromatic rings. The van der Waals surface area contributed by atoms with Gasteiger partial charge in [0.15, 0.2) is 5.69 Å². The van der Waals surface area contributed by atoms with E-state index in [1.807, 2.05) is 17.5 Å². The minimum Gasteiger partial charge on any atom is -0.476 e. The zero-order valence-electron chi connectivity index (χ0n) is 14.5. The van der Waals surface area contributed by atoms with E-state index in [0.29, 0.717) is 18.7 Å². The molecule has 2 heterocycles. The van der Waals surface area contributed by atoms with Crippen LogP contribution in [0, 0.1) is 0 Å². The van der Waals surface area contributed by atoms with Crippen molar-refractivity contribution in [1.29, 1.82) is 0 Å². The van der Waals surface area contributed by atoms with Crippen molar-refractivity contribution in [3.8, 4) is 0 Å². The van der Waals surface area contributed by atoms with Crippen LogP contribution in [0.5, 0.6) is 0 Å². The standard InChI is InChI=1S/C16H22N4O4S/c1-16(2,3)24-15(23)17-8-6-12-13(14(21)22)18-19-20(12)9-7-11-5-4-10-25-11/h4-5,10H,6-9H2,1-3H3,(H,17,23)(H,21,22). The third-order valence-corrected chi connectivity index (χ3v) is 4.16. The molecule has 25 heavy (non-hydrogen) atoms. The van der Waals surface area contributed by atoms with Gasteiger partial charge in [0.05, 0.1) is 5.69 Å². The first-order valence-electron chi connectivity index (χ1n) is 7.91. The summed E-state index contributed by atoms with van der Waals surface area (Å²) in [6.45, 7) is 6.10. The van der Waals surface area contributed by atoms with E-state index in [4.69, 9.17) is 4.74 Å². The predicted molar refractivity (Wildman–Crippen MR) is 92.9 cm³/mol. The molecule has 0 aliphatic carbocycles. The van der Waals surface area contributed by atoms with Gasteiger partial charge in [-0.05, 0) is 32.2 Å². The summed E-state index contributed by atoms with van der Waals surface area (Å²) in [5, 5.41) is 21.6. The molecule has 0 saturated heterocycles. The summed E-state index contributed by atoms with van der Waals surface area (Å²) in [6.07, 6.45) is 0.507. The van der Waals surface area contributed by atoms with Crippen molar-refractivity contribution in [3.05, 3.63) is 33.8 Å². The SMILES string of the molecule is CC(C)(C)OC(=O)NCCc1c(C(=O)O)nnn1CCc1cccs1. The van der Waals surface area contributed by atoms with Gasteiger partial charge in [-0.15, -0.1) is 16.4 Å². The number of aryl methyl sites for hydroxylation is 2. The fraction of sp³-hybridized carbons (Fsp3) is 0.500. The van der Waals surface area contributed by atoms with Gasteiger partial charge in [0.1, 0.15) is 5.60 Å². The lowest BCUT2D eigenvalue weighted by atomic mass is 10.2. The van der Waals surface area contributed by atoms with Crippen molar-refractivity contribution in [1.82, 2.24) is 20.3 Å². The van der Waals surface area contributed by atoms with Gasteiger partial charge in [-0.3, -0.25) is 0 Å². The summed E-state index contributed by atoms with van der Waals surface area (Å²) in [5.41, 5.74) is -0.183. The topological polar surface area (TPSA) is 106 Å². The number of hydrogen-bond acceptors (Lipinski definition) is 6. The largest absolute Gasteiger partial charge is 0.476 e. The molecule has 0 spiro atoms. The zero-order valence-corrected chi connectivity index (χ0v) is 15.3. The van der Waals surface area contributed by atoms with E-state index < -0.39 is 17.7 Å². The fourth-order valence-electron chi connectivity index (χ4n) is 2.19. The number of carboxylic acid groups (broad SMARTS) is 1. The Kier molecular flexibility index (Phi) is 6.13. The number of carboxylic acids is 1. The summed E-state index contributed by atoms with van der Waals surface area (Å²) in [6, 6.07) is 3.99. The quantitative estimate of drug-likeness (QED) is 0.779. The van der Waals surface area contributed by atoms with E-state index >= 15 is 0 Å². The highest BCUT2D eigenvalue weighted by Gasteiger charge is 2.20. The fourth-order valence-corrected chi connectivity index (χ4v) is 2.89. The van der Waals surface area contributed by atoms with Gasteiger partial charge >= 0.3 is 12.1 Å². The van der Waals surface area contributed by atoms with Crippen molar-refractivity contribution >= 4 is 23.4 Å². The van der Waals surface area contributed by atoms with E-state index in [-0.39, 0.29) is 12.2 Å². The van der Waals surface area contributed by atoms with Crippen LogP contribution < -0.4 is 5.32 Å². The average Bonchev–Trinajstić information content (AvgIpc) is 3.12. The number of hydrogen-bond donors (Lipinski definition) is 2. The minimum absolute atomic E-state index is 0.0860. The molecule has 0 bridgehead atoms. The number of nitrogens with one attached hydrogen (secondary N) is 1. The average molecular weight is 366 g/mol. The van der Waals surface area contributed by atoms with E-state index in [9.17, 15) is 14.7 Å². The van der Waals surface area contributed by atoms with Crippen LogP contribution in [0.3, 0.4) is 0 Å². The number of carbonyl (C=O) groups excluding carboxylic acids is 1. The first kappa shape index (κ1) is 18.9. The van der Waals surface area contributed by atoms with Gasteiger partial charge < -0.3 is 15.2 Å². The summed E-state index contributed by atoms with van der Waals surface area (Å²) in [5.74, 6) is -1.13. The monoisotopic (exact) mass is 366 g/mol. The Morgan fingerprint density at radius 3 is 2.72 bits per heavy atom. The Morgan fingerprint density at radius 2 is 2.12 bits per heavy atom. The lowest BCUT2D eigenvalue weighted by Crippen LogP contribution is -2.34. The number of ether oxygens (including phenoxy) is 1. The second kappa shape index (κ2) is 8.11. The van der Waals surface area contributed by atoms with E-state index in [2.05, 4.69) is 15.6 Å². The Morgan fingerprint density at radius 1 is 1.36 bits per heavy atom. The van der Waals surface area contributed by atoms with Crippen LogP contribution in [-0.4, -0.2) is 44.3 Å². The molecular weight excluding hydrogens is 344 g/mol. The van der Waals surface area contributed by atoms with E-state index in [0.717, 1.165) is 6.42 Å². The van der Waals surface area contributed by atoms with Gasteiger partial charge in [0.2, 0.25) is 0 Å². The first-order chi connectivity index (χ1) is 11.8. The van der Waals surface area contributed by atoms with Gasteiger partial charge in [0.25, 0.3) is 0 Å². The van der Waals surface area contributed by atoms with Crippen molar-refractivity contribution in [3.63, 3.8) is 0 Å². The molecule has 2 rings (SSSR count). The highest BCUT2D eigenvalue weighted by Crippen LogP contribution is 2.13. The molecule has 0 saturated carbocycles. The van der Waals surface area contributed by atoms with Crippen LogP contribution in [0.2, 0.25) is 0 Å². The van der Waals surface area contributed by atoms with Crippen LogP contribution >= 0.6 is 11.3 Å². The summed E-state index contributed by atoms with van der Waals surface area (Å²) in [7, 11) is 0. The maximum atomic E-state index is 11.7. The van der Waals surface area contributed by atoms with Crippen LogP contribution in [-0.2, 0) is 24.1 Å². The molecule has 1 amide bonds. The van der Waals surface area contributed by atoms with E-state index in [1.165, 1.54) is 4.88 Å². The Bertz CT molecular complexity index is 719. The first-order valence-corrected chi connectivity index (χ1v) is 8.79. The molecule has 0 radical (unpaired) electrons. The molecule has 8 nitrogen and oxygen atoms in total. The molecule has 9 heteroatoms. The van der Waals surface area contributed by atoms with Crippen molar-refractivity contribution in [2.24, 2.45) is 0 Å². The minimum atomic E-state index is -1.13. The number of rotatable bonds is 7. The van der Waals surface area contributed by atoms with Crippen LogP contribution in [0.25, 0.3) is 0 Å². The normalized spacial score (nSPS) is 11.3. The third-order valence-electron chi connectivity index (χ3n) is 3.22. The van der Waals surface area contributed by atoms with Gasteiger partial charge in [-0.2, -0.15) is 0 Å². The number of alkyl carbamates (subject to hydrolysis) is 1. The lowest BCUT2D eigenvalue weighted by Gasteiger charge is -2.19. The summed E-state index contributed by atoms with van der Waals surface area (Å²) in [4.78, 5) is 24.2. The van der Waals surface area contributed by atoms with Crippen LogP contribution in [0.1, 0.15) is 41.8 Å². The highest BCUT2D eigenvalue weighted by molar-refractivity contribution is 7.09. The molecule has 0 aliphatic heterocycles. The number of amides is 1. The van der Waals surface area contributed by atoms with Gasteiger partial charge in [-0.25, -0.2) is 14.3 Å². The third kappa shape index (κ3) is 5.86. The smallest absolute Gasteiger partial charge is 0.407 e. The second-order valence-electron chi connectivity index (χ2n) is 6.42. The van der Waals surface area contributed by atoms with Gasteiger partial charge in [-0.1, -0.05) is 11.3 Å². The molecule has 136 valence electrons. The van der Waals surface area contributed by atoms with Crippen LogP contribution in [0.15, 0.2) is 17.5 Å². The van der Waals surface area contributed by atoms with Crippen molar-refractivity contribution in [2.45, 2.75) is 45.8 Å². The predicted octanol–water partition coefficient (Wildman–Crippen LogP) is 2.35. The Hall–Kier alpha value is -2.42. The molecule has 2 aromatic heterocycles. The summed E-state index contributed by atoms with van der Waals surface area (Å²) >= 11 is 1.64. The lowest BCUT2D eigenvalue weighted by molar-refractivity contribution is 0.0528. The molecule has 0 atom stereocenters. The van der Waals surface area contributed by atoms with Gasteiger partial charge in [0, 0.05) is 30.8 Å². The van der Waals surface area contributed by atoms with Crippen molar-refractivity contribution < 1.29 is 19.4 Å². The highest BCUT2D eigenvalue weighted by atomic mass is 32.1. The second-order valence-corrected chi connectivity index (χ2v) is 7.45. The number of aromatic carboxylic acids is 1. The molecule has 0 unspecified atom stereocenters. The molecule has 0 aliphatic rings. The number of nitrogens with zero attached hydrogens (tertiary/aromatic N) is 3. The Balaban J connectivity index is 1.98. The Labute approximate surface area is 149 Å². The summed E-state index contributed by atoms with van der Waals surface area (Å²) < 4.78 is 6.74. The van der Waals surface area contributed by atoms with Crippen LogP contribution in [0.4, 0.5) is 4.79 Å². The molecular formula is C16H22N4O4S. The number of carbonyl (C=O) groups is 2. The molecule has 0 fully saturated rings.